The summed E-state index contributed by atoms with van der Waals surface area (Å²) in [5, 5.41) is 10.9. The van der Waals surface area contributed by atoms with Crippen molar-refractivity contribution < 1.29 is 9.90 Å². The highest BCUT2D eigenvalue weighted by atomic mass is 16.4. The quantitative estimate of drug-likeness (QED) is 0.798. The molecule has 5 nitrogen and oxygen atoms in total. The zero-order chi connectivity index (χ0) is 11.5. The van der Waals surface area contributed by atoms with Crippen LogP contribution in [0.5, 0.6) is 0 Å². The lowest BCUT2D eigenvalue weighted by Gasteiger charge is -2.35. The summed E-state index contributed by atoms with van der Waals surface area (Å²) in [6.45, 7) is 0.678. The van der Waals surface area contributed by atoms with Crippen molar-refractivity contribution in [3.8, 4) is 0 Å². The minimum Gasteiger partial charge on any atom is -0.465 e. The lowest BCUT2D eigenvalue weighted by Crippen LogP contribution is -2.45. The normalized spacial score (nSPS) is 23.5. The van der Waals surface area contributed by atoms with Gasteiger partial charge in [-0.15, -0.1) is 0 Å². The minimum absolute atomic E-state index is 0.00264. The van der Waals surface area contributed by atoms with Gasteiger partial charge >= 0.3 is 6.09 Å². The predicted molar refractivity (Wildman–Crippen MR) is 58.4 cm³/mol. The molecule has 1 aromatic rings. The van der Waals surface area contributed by atoms with Crippen LogP contribution in [0.1, 0.15) is 12.8 Å². The molecule has 1 aliphatic rings. The van der Waals surface area contributed by atoms with Crippen LogP contribution in [0.25, 0.3) is 0 Å². The fourth-order valence-corrected chi connectivity index (χ4v) is 2.07. The van der Waals surface area contributed by atoms with E-state index in [2.05, 4.69) is 5.32 Å². The Kier molecular flexibility index (Phi) is 2.94. The van der Waals surface area contributed by atoms with Gasteiger partial charge in [-0.05, 0) is 24.8 Å². The fourth-order valence-electron chi connectivity index (χ4n) is 2.07. The highest BCUT2D eigenvalue weighted by molar-refractivity contribution is 5.64. The van der Waals surface area contributed by atoms with Gasteiger partial charge in [-0.1, -0.05) is 6.07 Å². The van der Waals surface area contributed by atoms with E-state index in [-0.39, 0.29) is 11.6 Å². The number of hydrogen-bond donors (Lipinski definition) is 2. The summed E-state index contributed by atoms with van der Waals surface area (Å²) in [6, 6.07) is 5.13. The van der Waals surface area contributed by atoms with Crippen molar-refractivity contribution >= 4 is 6.09 Å². The number of aromatic nitrogens is 1. The second-order valence-electron chi connectivity index (χ2n) is 4.18. The molecule has 0 aromatic carbocycles. The summed E-state index contributed by atoms with van der Waals surface area (Å²) in [7, 11) is 0. The zero-order valence-corrected chi connectivity index (χ0v) is 8.80. The molecule has 1 fully saturated rings. The Morgan fingerprint density at radius 1 is 1.50 bits per heavy atom. The van der Waals surface area contributed by atoms with Crippen LogP contribution in [0, 0.1) is 5.92 Å². The van der Waals surface area contributed by atoms with E-state index >= 15 is 0 Å². The highest BCUT2D eigenvalue weighted by Gasteiger charge is 2.30. The molecule has 1 saturated carbocycles. The van der Waals surface area contributed by atoms with Gasteiger partial charge in [0.25, 0.3) is 5.56 Å². The second-order valence-corrected chi connectivity index (χ2v) is 4.18. The third-order valence-electron chi connectivity index (χ3n) is 2.92. The van der Waals surface area contributed by atoms with Gasteiger partial charge in [0.2, 0.25) is 0 Å². The molecule has 86 valence electrons. The highest BCUT2D eigenvalue weighted by Crippen LogP contribution is 2.28. The van der Waals surface area contributed by atoms with Gasteiger partial charge < -0.3 is 15.0 Å². The molecule has 16 heavy (non-hydrogen) atoms. The molecular formula is C11H14N2O3. The van der Waals surface area contributed by atoms with E-state index in [1.54, 1.807) is 16.8 Å². The number of rotatable bonds is 3. The third-order valence-corrected chi connectivity index (χ3v) is 2.92. The number of nitrogens with one attached hydrogen (secondary N) is 1. The molecule has 0 unspecified atom stereocenters. The molecule has 0 aliphatic heterocycles. The number of pyridine rings is 1. The summed E-state index contributed by atoms with van der Waals surface area (Å²) < 4.78 is 1.67. The average molecular weight is 222 g/mol. The lowest BCUT2D eigenvalue weighted by molar-refractivity contribution is 0.159. The molecule has 2 N–H and O–H groups in total. The molecule has 2 rings (SSSR count). The van der Waals surface area contributed by atoms with Crippen LogP contribution in [0.2, 0.25) is 0 Å². The van der Waals surface area contributed by atoms with Crippen LogP contribution in [0.4, 0.5) is 4.79 Å². The molecule has 0 atom stereocenters. The Morgan fingerprint density at radius 2 is 2.25 bits per heavy atom. The Labute approximate surface area is 92.7 Å². The summed E-state index contributed by atoms with van der Waals surface area (Å²) in [6.07, 6.45) is 2.42. The standard InChI is InChI=1S/C11H14N2O3/c14-10-3-1-2-4-13(10)7-8-5-9(6-8)12-11(15)16/h1-4,8-9,12H,5-7H2,(H,15,16). The van der Waals surface area contributed by atoms with Crippen molar-refractivity contribution in [1.82, 2.24) is 9.88 Å². The third kappa shape index (κ3) is 2.42. The largest absolute Gasteiger partial charge is 0.465 e. The van der Waals surface area contributed by atoms with Crippen molar-refractivity contribution in [3.05, 3.63) is 34.7 Å². The van der Waals surface area contributed by atoms with Crippen molar-refractivity contribution in [2.75, 3.05) is 0 Å². The van der Waals surface area contributed by atoms with Crippen LogP contribution in [0.15, 0.2) is 29.2 Å². The molecule has 0 radical (unpaired) electrons. The van der Waals surface area contributed by atoms with Crippen LogP contribution in [0.3, 0.4) is 0 Å². The number of nitrogens with zero attached hydrogens (tertiary/aromatic N) is 1. The maximum Gasteiger partial charge on any atom is 0.404 e. The van der Waals surface area contributed by atoms with Crippen molar-refractivity contribution in [2.24, 2.45) is 5.92 Å². The molecule has 0 bridgehead atoms. The molecule has 5 heteroatoms. The van der Waals surface area contributed by atoms with Gasteiger partial charge in [-0.3, -0.25) is 4.79 Å². The van der Waals surface area contributed by atoms with Crippen LogP contribution in [-0.2, 0) is 6.54 Å². The van der Waals surface area contributed by atoms with Crippen molar-refractivity contribution in [2.45, 2.75) is 25.4 Å². The molecule has 1 heterocycles. The van der Waals surface area contributed by atoms with E-state index in [0.717, 1.165) is 12.8 Å². The molecule has 0 spiro atoms. The van der Waals surface area contributed by atoms with Crippen molar-refractivity contribution in [1.29, 1.82) is 0 Å². The molecule has 1 amide bonds. The second kappa shape index (κ2) is 4.38. The number of carbonyl (C=O) groups is 1. The Balaban J connectivity index is 1.84. The topological polar surface area (TPSA) is 71.3 Å². The molecule has 1 aliphatic carbocycles. The van der Waals surface area contributed by atoms with E-state index in [1.807, 2.05) is 6.07 Å². The molecule has 0 saturated heterocycles. The number of amides is 1. The summed E-state index contributed by atoms with van der Waals surface area (Å²) >= 11 is 0. The number of carboxylic acid groups (broad SMARTS) is 1. The first kappa shape index (κ1) is 10.7. The fraction of sp³-hybridized carbons (Fsp3) is 0.455. The molecule has 1 aromatic heterocycles. The maximum atomic E-state index is 11.4. The van der Waals surface area contributed by atoms with E-state index in [4.69, 9.17) is 5.11 Å². The van der Waals surface area contributed by atoms with Gasteiger partial charge in [0, 0.05) is 24.8 Å². The first-order valence-electron chi connectivity index (χ1n) is 5.30. The Morgan fingerprint density at radius 3 is 2.88 bits per heavy atom. The van der Waals surface area contributed by atoms with Crippen molar-refractivity contribution in [3.63, 3.8) is 0 Å². The predicted octanol–water partition coefficient (Wildman–Crippen LogP) is 0.894. The maximum absolute atomic E-state index is 11.4. The SMILES string of the molecule is O=C(O)NC1CC(Cn2ccccc2=O)C1. The first-order chi connectivity index (χ1) is 7.65. The summed E-state index contributed by atoms with van der Waals surface area (Å²) in [5.74, 6) is 0.400. The summed E-state index contributed by atoms with van der Waals surface area (Å²) in [5.41, 5.74) is -0.00264. The van der Waals surface area contributed by atoms with Gasteiger partial charge in [0.05, 0.1) is 0 Å². The van der Waals surface area contributed by atoms with E-state index in [9.17, 15) is 9.59 Å². The minimum atomic E-state index is -0.972. The Hall–Kier alpha value is -1.78. The first-order valence-corrected chi connectivity index (χ1v) is 5.30. The molecular weight excluding hydrogens is 208 g/mol. The zero-order valence-electron chi connectivity index (χ0n) is 8.80. The van der Waals surface area contributed by atoms with E-state index in [0.29, 0.717) is 12.5 Å². The lowest BCUT2D eigenvalue weighted by atomic mass is 9.80. The Bertz CT molecular complexity index is 435. The van der Waals surface area contributed by atoms with E-state index < -0.39 is 6.09 Å². The smallest absolute Gasteiger partial charge is 0.404 e. The summed E-state index contributed by atoms with van der Waals surface area (Å²) in [4.78, 5) is 21.8. The van der Waals surface area contributed by atoms with Crippen LogP contribution in [-0.4, -0.2) is 21.8 Å². The van der Waals surface area contributed by atoms with Gasteiger partial charge in [0.1, 0.15) is 0 Å². The van der Waals surface area contributed by atoms with Crippen LogP contribution < -0.4 is 10.9 Å². The average Bonchev–Trinajstić information content (AvgIpc) is 2.17. The van der Waals surface area contributed by atoms with Crippen LogP contribution >= 0.6 is 0 Å². The van der Waals surface area contributed by atoms with E-state index in [1.165, 1.54) is 6.07 Å². The van der Waals surface area contributed by atoms with Gasteiger partial charge in [-0.2, -0.15) is 0 Å². The van der Waals surface area contributed by atoms with Gasteiger partial charge in [-0.25, -0.2) is 4.79 Å². The number of hydrogen-bond acceptors (Lipinski definition) is 2. The van der Waals surface area contributed by atoms with Gasteiger partial charge in [0.15, 0.2) is 0 Å². The monoisotopic (exact) mass is 222 g/mol.